The van der Waals surface area contributed by atoms with Gasteiger partial charge in [-0.3, -0.25) is 24.1 Å². The smallest absolute Gasteiger partial charge is 0.262 e. The molecule has 2 atom stereocenters. The van der Waals surface area contributed by atoms with Crippen molar-refractivity contribution in [1.29, 1.82) is 0 Å². The first-order valence-electron chi connectivity index (χ1n) is 12.7. The number of carbonyl (C=O) groups is 4. The zero-order valence-electron chi connectivity index (χ0n) is 21.3. The van der Waals surface area contributed by atoms with Crippen LogP contribution in [0.2, 0.25) is 0 Å². The molecule has 0 aromatic heterocycles. The fourth-order valence-corrected chi connectivity index (χ4v) is 5.91. The molecular formula is C29H32N2O5. The van der Waals surface area contributed by atoms with Crippen molar-refractivity contribution in [1.82, 2.24) is 9.80 Å². The number of benzene rings is 2. The van der Waals surface area contributed by atoms with Gasteiger partial charge in [-0.2, -0.15) is 0 Å². The van der Waals surface area contributed by atoms with E-state index in [4.69, 9.17) is 4.74 Å². The van der Waals surface area contributed by atoms with Gasteiger partial charge < -0.3 is 9.64 Å². The van der Waals surface area contributed by atoms with Crippen molar-refractivity contribution < 1.29 is 23.9 Å². The molecule has 3 amide bonds. The monoisotopic (exact) mass is 488 g/mol. The quantitative estimate of drug-likeness (QED) is 0.598. The Hall–Kier alpha value is -3.48. The largest absolute Gasteiger partial charge is 0.486 e. The normalized spacial score (nSPS) is 20.2. The molecule has 2 aromatic carbocycles. The highest BCUT2D eigenvalue weighted by molar-refractivity contribution is 6.22. The molecule has 0 radical (unpaired) electrons. The molecule has 3 heterocycles. The number of hydrogen-bond donors (Lipinski definition) is 0. The van der Waals surface area contributed by atoms with Crippen LogP contribution in [0, 0.1) is 19.8 Å². The number of carbonyl (C=O) groups excluding carboxylic acids is 4. The lowest BCUT2D eigenvalue weighted by Crippen LogP contribution is -2.58. The average molecular weight is 489 g/mol. The lowest BCUT2D eigenvalue weighted by molar-refractivity contribution is -0.140. The predicted octanol–water partition coefficient (Wildman–Crippen LogP) is 4.34. The number of Topliss-reactive ketones (excluding diaryl/α,β-unsaturated/α-hetero) is 1. The van der Waals surface area contributed by atoms with E-state index in [1.54, 1.807) is 29.2 Å². The minimum Gasteiger partial charge on any atom is -0.486 e. The maximum Gasteiger partial charge on any atom is 0.262 e. The topological polar surface area (TPSA) is 84.0 Å². The van der Waals surface area contributed by atoms with E-state index in [0.717, 1.165) is 16.0 Å². The Balaban J connectivity index is 1.36. The van der Waals surface area contributed by atoms with Crippen LogP contribution < -0.4 is 4.74 Å². The van der Waals surface area contributed by atoms with Gasteiger partial charge in [0.15, 0.2) is 5.78 Å². The Bertz CT molecular complexity index is 1240. The second-order valence-corrected chi connectivity index (χ2v) is 10.5. The molecule has 36 heavy (non-hydrogen) atoms. The van der Waals surface area contributed by atoms with Crippen molar-refractivity contribution in [2.24, 2.45) is 5.92 Å². The number of rotatable bonds is 4. The van der Waals surface area contributed by atoms with E-state index in [0.29, 0.717) is 61.2 Å². The molecule has 1 spiro atoms. The lowest BCUT2D eigenvalue weighted by atomic mass is 9.81. The summed E-state index contributed by atoms with van der Waals surface area (Å²) in [5.41, 5.74) is 2.69. The fraction of sp³-hybridized carbons (Fsp3) is 0.448. The standard InChI is InChI=1S/C29H32N2O5/c1-5-18(3)25(31-26(33)20-8-6-7-9-21(20)27(31)34)28(35)30-12-10-29(11-13-30)16-22(32)24-19(4)14-17(2)15-23(24)36-29/h6-9,14-15,18,25H,5,10-13,16H2,1-4H3. The highest BCUT2D eigenvalue weighted by Gasteiger charge is 2.48. The van der Waals surface area contributed by atoms with Crippen LogP contribution in [0.3, 0.4) is 0 Å². The lowest BCUT2D eigenvalue weighted by Gasteiger charge is -2.45. The number of ether oxygens (including phenoxy) is 1. The Morgan fingerprint density at radius 2 is 1.64 bits per heavy atom. The highest BCUT2D eigenvalue weighted by atomic mass is 16.5. The number of ketones is 1. The number of piperidine rings is 1. The van der Waals surface area contributed by atoms with Crippen molar-refractivity contribution in [2.45, 2.75) is 65.0 Å². The van der Waals surface area contributed by atoms with Crippen molar-refractivity contribution in [3.8, 4) is 5.75 Å². The minimum absolute atomic E-state index is 0.0806. The summed E-state index contributed by atoms with van der Waals surface area (Å²) in [4.78, 5) is 56.1. The molecule has 2 aromatic rings. The van der Waals surface area contributed by atoms with Gasteiger partial charge in [-0.15, -0.1) is 0 Å². The summed E-state index contributed by atoms with van der Waals surface area (Å²) >= 11 is 0. The summed E-state index contributed by atoms with van der Waals surface area (Å²) in [5, 5.41) is 0. The van der Waals surface area contributed by atoms with Gasteiger partial charge in [-0.05, 0) is 49.1 Å². The van der Waals surface area contributed by atoms with E-state index in [2.05, 4.69) is 0 Å². The summed E-state index contributed by atoms with van der Waals surface area (Å²) in [7, 11) is 0. The van der Waals surface area contributed by atoms with Crippen LogP contribution in [-0.4, -0.2) is 58.0 Å². The SMILES string of the molecule is CCC(C)C(C(=O)N1CCC2(CC1)CC(=O)c1c(C)cc(C)cc1O2)N1C(=O)c2ccccc2C1=O. The number of likely N-dealkylation sites (tertiary alicyclic amines) is 1. The Labute approximate surface area is 211 Å². The second-order valence-electron chi connectivity index (χ2n) is 10.5. The van der Waals surface area contributed by atoms with Crippen molar-refractivity contribution in [3.63, 3.8) is 0 Å². The number of amides is 3. The molecular weight excluding hydrogens is 456 g/mol. The summed E-state index contributed by atoms with van der Waals surface area (Å²) in [6.07, 6.45) is 1.98. The van der Waals surface area contributed by atoms with E-state index in [9.17, 15) is 19.2 Å². The minimum atomic E-state index is -0.864. The van der Waals surface area contributed by atoms with Crippen LogP contribution in [0.25, 0.3) is 0 Å². The van der Waals surface area contributed by atoms with E-state index < -0.39 is 23.5 Å². The number of fused-ring (bicyclic) bond motifs is 2. The van der Waals surface area contributed by atoms with Gasteiger partial charge in [0.1, 0.15) is 17.4 Å². The van der Waals surface area contributed by atoms with E-state index in [1.165, 1.54) is 0 Å². The van der Waals surface area contributed by atoms with Crippen LogP contribution in [0.4, 0.5) is 0 Å². The summed E-state index contributed by atoms with van der Waals surface area (Å²) < 4.78 is 6.45. The summed E-state index contributed by atoms with van der Waals surface area (Å²) in [5.74, 6) is -0.523. The molecule has 1 saturated heterocycles. The molecule has 0 N–H and O–H groups in total. The molecule has 3 aliphatic rings. The third-order valence-corrected chi connectivity index (χ3v) is 8.06. The van der Waals surface area contributed by atoms with Gasteiger partial charge in [-0.1, -0.05) is 38.5 Å². The van der Waals surface area contributed by atoms with Gasteiger partial charge >= 0.3 is 0 Å². The van der Waals surface area contributed by atoms with Crippen LogP contribution in [0.5, 0.6) is 5.75 Å². The molecule has 5 rings (SSSR count). The molecule has 0 saturated carbocycles. The first-order valence-corrected chi connectivity index (χ1v) is 12.7. The number of nitrogens with zero attached hydrogens (tertiary/aromatic N) is 2. The second kappa shape index (κ2) is 8.87. The number of hydrogen-bond acceptors (Lipinski definition) is 5. The molecule has 0 bridgehead atoms. The molecule has 2 unspecified atom stereocenters. The van der Waals surface area contributed by atoms with E-state index in [1.807, 2.05) is 39.8 Å². The van der Waals surface area contributed by atoms with Crippen molar-refractivity contribution >= 4 is 23.5 Å². The Morgan fingerprint density at radius 1 is 1.03 bits per heavy atom. The molecule has 3 aliphatic heterocycles. The highest BCUT2D eigenvalue weighted by Crippen LogP contribution is 2.41. The van der Waals surface area contributed by atoms with Crippen LogP contribution in [0.15, 0.2) is 36.4 Å². The number of imide groups is 1. The van der Waals surface area contributed by atoms with Gasteiger partial charge in [0.2, 0.25) is 5.91 Å². The van der Waals surface area contributed by atoms with Gasteiger partial charge in [0.05, 0.1) is 23.1 Å². The Kier molecular flexibility index (Phi) is 5.97. The maximum atomic E-state index is 13.8. The predicted molar refractivity (Wildman–Crippen MR) is 134 cm³/mol. The van der Waals surface area contributed by atoms with Gasteiger partial charge in [0, 0.05) is 25.9 Å². The molecule has 0 aliphatic carbocycles. The third kappa shape index (κ3) is 3.81. The maximum absolute atomic E-state index is 13.8. The van der Waals surface area contributed by atoms with Gasteiger partial charge in [0.25, 0.3) is 11.8 Å². The van der Waals surface area contributed by atoms with Crippen molar-refractivity contribution in [3.05, 3.63) is 64.2 Å². The summed E-state index contributed by atoms with van der Waals surface area (Å²) in [6.45, 7) is 8.59. The first kappa shape index (κ1) is 24.2. The van der Waals surface area contributed by atoms with Gasteiger partial charge in [-0.25, -0.2) is 0 Å². The van der Waals surface area contributed by atoms with E-state index in [-0.39, 0.29) is 17.6 Å². The molecule has 7 heteroatoms. The molecule has 188 valence electrons. The van der Waals surface area contributed by atoms with Crippen molar-refractivity contribution in [2.75, 3.05) is 13.1 Å². The van der Waals surface area contributed by atoms with Crippen LogP contribution in [-0.2, 0) is 4.79 Å². The molecule has 1 fully saturated rings. The third-order valence-electron chi connectivity index (χ3n) is 8.06. The first-order chi connectivity index (χ1) is 17.2. The zero-order valence-corrected chi connectivity index (χ0v) is 21.3. The Morgan fingerprint density at radius 3 is 2.22 bits per heavy atom. The fourth-order valence-electron chi connectivity index (χ4n) is 5.91. The van der Waals surface area contributed by atoms with Crippen LogP contribution >= 0.6 is 0 Å². The average Bonchev–Trinajstić information content (AvgIpc) is 3.09. The van der Waals surface area contributed by atoms with E-state index >= 15 is 0 Å². The summed E-state index contributed by atoms with van der Waals surface area (Å²) in [6, 6.07) is 9.77. The number of aryl methyl sites for hydroxylation is 2. The molecule has 7 nitrogen and oxygen atoms in total. The zero-order chi connectivity index (χ0) is 25.8. The van der Waals surface area contributed by atoms with Crippen LogP contribution in [0.1, 0.15) is 81.7 Å².